The maximum Gasteiger partial charge on any atom is 0.252 e. The van der Waals surface area contributed by atoms with E-state index in [2.05, 4.69) is 30.7 Å². The first-order valence-electron chi connectivity index (χ1n) is 9.54. The van der Waals surface area contributed by atoms with Crippen molar-refractivity contribution >= 4 is 49.1 Å². The third-order valence-corrected chi connectivity index (χ3v) is 9.16. The maximum atomic E-state index is 12.8. The first-order chi connectivity index (χ1) is 13.4. The third-order valence-electron chi connectivity index (χ3n) is 5.17. The quantitative estimate of drug-likeness (QED) is 0.662. The van der Waals surface area contributed by atoms with E-state index in [1.807, 2.05) is 13.0 Å². The number of anilines is 2. The molecule has 0 radical (unpaired) electrons. The van der Waals surface area contributed by atoms with Crippen molar-refractivity contribution in [1.29, 1.82) is 0 Å². The minimum Gasteiger partial charge on any atom is -0.356 e. The second kappa shape index (κ2) is 8.25. The lowest BCUT2D eigenvalue weighted by Crippen LogP contribution is -2.49. The maximum absolute atomic E-state index is 12.8. The van der Waals surface area contributed by atoms with Crippen molar-refractivity contribution in [3.8, 4) is 0 Å². The van der Waals surface area contributed by atoms with Crippen LogP contribution in [0, 0.1) is 6.92 Å². The molecule has 0 unspecified atom stereocenters. The Hall–Kier alpha value is -1.23. The van der Waals surface area contributed by atoms with Crippen LogP contribution in [0.5, 0.6) is 0 Å². The number of hydrogen-bond acceptors (Lipinski definition) is 7. The molecule has 0 N–H and O–H groups in total. The number of hydrogen-bond donors (Lipinski definition) is 0. The number of nitrogens with zero attached hydrogens (tertiary/aromatic N) is 5. The highest BCUT2D eigenvalue weighted by atomic mass is 79.9. The van der Waals surface area contributed by atoms with Gasteiger partial charge in [-0.1, -0.05) is 0 Å². The fourth-order valence-corrected chi connectivity index (χ4v) is 7.24. The van der Waals surface area contributed by atoms with Crippen LogP contribution in [0.1, 0.15) is 25.0 Å². The Morgan fingerprint density at radius 2 is 1.68 bits per heavy atom. The van der Waals surface area contributed by atoms with Crippen LogP contribution in [-0.2, 0) is 10.0 Å². The van der Waals surface area contributed by atoms with Gasteiger partial charge in [0.15, 0.2) is 0 Å². The second-order valence-corrected chi connectivity index (χ2v) is 11.8. The Morgan fingerprint density at radius 3 is 2.32 bits per heavy atom. The van der Waals surface area contributed by atoms with E-state index in [1.54, 1.807) is 16.4 Å². The number of sulfonamides is 1. The monoisotopic (exact) mass is 485 g/mol. The van der Waals surface area contributed by atoms with Crippen LogP contribution in [0.2, 0.25) is 0 Å². The number of aromatic nitrogens is 2. The van der Waals surface area contributed by atoms with Crippen LogP contribution in [0.3, 0.4) is 0 Å². The van der Waals surface area contributed by atoms with Crippen LogP contribution in [0.15, 0.2) is 26.2 Å². The molecule has 2 aliphatic heterocycles. The molecule has 28 heavy (non-hydrogen) atoms. The topological polar surface area (TPSA) is 69.6 Å². The molecule has 4 rings (SSSR count). The van der Waals surface area contributed by atoms with Gasteiger partial charge in [-0.25, -0.2) is 13.4 Å². The summed E-state index contributed by atoms with van der Waals surface area (Å²) in [7, 11) is -3.43. The van der Waals surface area contributed by atoms with Crippen LogP contribution in [0.25, 0.3) is 0 Å². The number of piperazine rings is 1. The summed E-state index contributed by atoms with van der Waals surface area (Å²) in [6.07, 6.45) is 3.69. The van der Waals surface area contributed by atoms with Crippen molar-refractivity contribution in [2.24, 2.45) is 0 Å². The minimum absolute atomic E-state index is 0.381. The number of rotatable bonds is 4. The lowest BCUT2D eigenvalue weighted by atomic mass is 10.1. The highest BCUT2D eigenvalue weighted by molar-refractivity contribution is 9.11. The lowest BCUT2D eigenvalue weighted by molar-refractivity contribution is 0.383. The SMILES string of the molecule is Cc1cc(N2CCCCC2)nc(N2CCN(S(=O)(=O)c3ccc(Br)s3)CC2)n1. The summed E-state index contributed by atoms with van der Waals surface area (Å²) in [5.74, 6) is 1.69. The van der Waals surface area contributed by atoms with Gasteiger partial charge in [-0.15, -0.1) is 11.3 Å². The van der Waals surface area contributed by atoms with Crippen molar-refractivity contribution < 1.29 is 8.42 Å². The Bertz CT molecular complexity index is 935. The van der Waals surface area contributed by atoms with Gasteiger partial charge >= 0.3 is 0 Å². The minimum atomic E-state index is -3.43. The number of piperidine rings is 1. The standard InChI is InChI=1S/C18H24BrN5O2S2/c1-14-13-16(22-7-3-2-4-8-22)21-18(20-14)23-9-11-24(12-10-23)28(25,26)17-6-5-15(19)27-17/h5-6,13H,2-4,7-12H2,1H3. The molecular formula is C18H24BrN5O2S2. The van der Waals surface area contributed by atoms with Gasteiger partial charge in [0, 0.05) is 51.0 Å². The fourth-order valence-electron chi connectivity index (χ4n) is 3.66. The molecule has 152 valence electrons. The van der Waals surface area contributed by atoms with Gasteiger partial charge in [-0.05, 0) is 54.2 Å². The predicted molar refractivity (Wildman–Crippen MR) is 116 cm³/mol. The van der Waals surface area contributed by atoms with E-state index < -0.39 is 10.0 Å². The van der Waals surface area contributed by atoms with Gasteiger partial charge < -0.3 is 9.80 Å². The zero-order chi connectivity index (χ0) is 19.7. The molecule has 2 aliphatic rings. The summed E-state index contributed by atoms with van der Waals surface area (Å²) in [4.78, 5) is 13.8. The summed E-state index contributed by atoms with van der Waals surface area (Å²) in [6.45, 7) is 6.14. The molecule has 0 atom stereocenters. The van der Waals surface area contributed by atoms with Crippen LogP contribution in [-0.4, -0.2) is 62.0 Å². The molecule has 0 aliphatic carbocycles. The molecule has 0 spiro atoms. The zero-order valence-electron chi connectivity index (χ0n) is 15.8. The normalized spacial score (nSPS) is 19.2. The summed E-state index contributed by atoms with van der Waals surface area (Å²) >= 11 is 4.59. The van der Waals surface area contributed by atoms with Gasteiger partial charge in [0.25, 0.3) is 10.0 Å². The largest absolute Gasteiger partial charge is 0.356 e. The van der Waals surface area contributed by atoms with Gasteiger partial charge in [0.05, 0.1) is 3.79 Å². The molecule has 10 heteroatoms. The molecule has 0 saturated carbocycles. The molecule has 0 amide bonds. The van der Waals surface area contributed by atoms with E-state index in [4.69, 9.17) is 4.98 Å². The van der Waals surface area contributed by atoms with Gasteiger partial charge in [-0.3, -0.25) is 0 Å². The zero-order valence-corrected chi connectivity index (χ0v) is 19.1. The summed E-state index contributed by atoms with van der Waals surface area (Å²) in [5.41, 5.74) is 0.948. The van der Waals surface area contributed by atoms with E-state index in [-0.39, 0.29) is 0 Å². The molecule has 2 aromatic rings. The average Bonchev–Trinajstić information content (AvgIpc) is 3.15. The van der Waals surface area contributed by atoms with Gasteiger partial charge in [0.2, 0.25) is 5.95 Å². The van der Waals surface area contributed by atoms with Gasteiger partial charge in [-0.2, -0.15) is 9.29 Å². The Kier molecular flexibility index (Phi) is 5.91. The van der Waals surface area contributed by atoms with Crippen molar-refractivity contribution in [3.63, 3.8) is 0 Å². The molecule has 4 heterocycles. The highest BCUT2D eigenvalue weighted by Gasteiger charge is 2.30. The molecule has 0 aromatic carbocycles. The third kappa shape index (κ3) is 4.19. The Morgan fingerprint density at radius 1 is 0.964 bits per heavy atom. The fraction of sp³-hybridized carbons (Fsp3) is 0.556. The van der Waals surface area contributed by atoms with Crippen LogP contribution >= 0.6 is 27.3 Å². The van der Waals surface area contributed by atoms with E-state index in [0.29, 0.717) is 36.3 Å². The van der Waals surface area contributed by atoms with Crippen LogP contribution in [0.4, 0.5) is 11.8 Å². The van der Waals surface area contributed by atoms with E-state index >= 15 is 0 Å². The first-order valence-corrected chi connectivity index (χ1v) is 12.6. The molecule has 2 aromatic heterocycles. The smallest absolute Gasteiger partial charge is 0.252 e. The van der Waals surface area contributed by atoms with Crippen molar-refractivity contribution in [3.05, 3.63) is 27.7 Å². The molecule has 2 saturated heterocycles. The van der Waals surface area contributed by atoms with Crippen molar-refractivity contribution in [2.45, 2.75) is 30.4 Å². The number of halogens is 1. The van der Waals surface area contributed by atoms with E-state index in [9.17, 15) is 8.42 Å². The average molecular weight is 486 g/mol. The number of thiophene rings is 1. The van der Waals surface area contributed by atoms with Crippen molar-refractivity contribution in [2.75, 3.05) is 49.1 Å². The summed E-state index contributed by atoms with van der Waals surface area (Å²) in [5, 5.41) is 0. The first kappa shape index (κ1) is 20.1. The van der Waals surface area contributed by atoms with E-state index in [1.165, 1.54) is 30.6 Å². The van der Waals surface area contributed by atoms with Gasteiger partial charge in [0.1, 0.15) is 10.0 Å². The predicted octanol–water partition coefficient (Wildman–Crippen LogP) is 3.11. The number of aryl methyl sites for hydroxylation is 1. The molecule has 0 bridgehead atoms. The molecule has 2 fully saturated rings. The summed E-state index contributed by atoms with van der Waals surface area (Å²) in [6, 6.07) is 5.48. The summed E-state index contributed by atoms with van der Waals surface area (Å²) < 4.78 is 28.4. The Labute approximate surface area is 178 Å². The molecule has 7 nitrogen and oxygen atoms in total. The highest BCUT2D eigenvalue weighted by Crippen LogP contribution is 2.29. The lowest BCUT2D eigenvalue weighted by Gasteiger charge is -2.34. The molecular weight excluding hydrogens is 462 g/mol. The van der Waals surface area contributed by atoms with Crippen LogP contribution < -0.4 is 9.80 Å². The van der Waals surface area contributed by atoms with Crippen molar-refractivity contribution in [1.82, 2.24) is 14.3 Å². The second-order valence-electron chi connectivity index (χ2n) is 7.16. The Balaban J connectivity index is 1.47. The van der Waals surface area contributed by atoms with E-state index in [0.717, 1.165) is 28.4 Å².